The number of methoxy groups -OCH3 is 1. The lowest BCUT2D eigenvalue weighted by Crippen LogP contribution is -2.24. The largest absolute Gasteiger partial charge is 0.495 e. The zero-order valence-electron chi connectivity index (χ0n) is 14.8. The first-order valence-corrected chi connectivity index (χ1v) is 8.26. The van der Waals surface area contributed by atoms with E-state index in [-0.39, 0.29) is 6.61 Å². The number of carbonyl (C=O) groups is 2. The first kappa shape index (κ1) is 19.6. The Morgan fingerprint density at radius 3 is 2.58 bits per heavy atom. The summed E-state index contributed by atoms with van der Waals surface area (Å²) in [5, 5.41) is 3.15. The van der Waals surface area contributed by atoms with Crippen LogP contribution in [-0.4, -0.2) is 32.2 Å². The van der Waals surface area contributed by atoms with E-state index in [2.05, 4.69) is 5.32 Å². The third-order valence-electron chi connectivity index (χ3n) is 3.47. The number of hydrogen-bond acceptors (Lipinski definition) is 5. The normalized spacial score (nSPS) is 10.2. The van der Waals surface area contributed by atoms with Gasteiger partial charge in [0, 0.05) is 11.1 Å². The third-order valence-corrected chi connectivity index (χ3v) is 3.87. The van der Waals surface area contributed by atoms with Crippen molar-refractivity contribution in [1.82, 2.24) is 0 Å². The fourth-order valence-corrected chi connectivity index (χ4v) is 2.30. The van der Waals surface area contributed by atoms with Crippen molar-refractivity contribution >= 4 is 29.2 Å². The summed E-state index contributed by atoms with van der Waals surface area (Å²) in [4.78, 5) is 23.7. The quantitative estimate of drug-likeness (QED) is 0.747. The minimum Gasteiger partial charge on any atom is -0.495 e. The summed E-state index contributed by atoms with van der Waals surface area (Å²) in [6.45, 7) is 3.02. The van der Waals surface area contributed by atoms with Gasteiger partial charge in [0.15, 0.2) is 13.2 Å². The summed E-state index contributed by atoms with van der Waals surface area (Å²) < 4.78 is 15.4. The molecule has 0 aliphatic heterocycles. The Morgan fingerprint density at radius 1 is 1.12 bits per heavy atom. The fourth-order valence-electron chi connectivity index (χ4n) is 2.15. The Morgan fingerprint density at radius 2 is 1.88 bits per heavy atom. The molecule has 6 nitrogen and oxygen atoms in total. The summed E-state index contributed by atoms with van der Waals surface area (Å²) in [5.74, 6) is -0.148. The molecule has 2 aromatic rings. The molecule has 138 valence electrons. The molecule has 1 N–H and O–H groups in total. The van der Waals surface area contributed by atoms with Crippen molar-refractivity contribution in [2.45, 2.75) is 13.8 Å². The number of nitrogens with one attached hydrogen (secondary N) is 1. The van der Waals surface area contributed by atoms with Gasteiger partial charge in [-0.05, 0) is 43.2 Å². The number of carbonyl (C=O) groups excluding carboxylic acids is 2. The molecular weight excluding hydrogens is 358 g/mol. The highest BCUT2D eigenvalue weighted by Crippen LogP contribution is 2.30. The summed E-state index contributed by atoms with van der Waals surface area (Å²) >= 11 is 6.02. The third kappa shape index (κ3) is 5.67. The number of halogens is 1. The van der Waals surface area contributed by atoms with Crippen LogP contribution >= 0.6 is 11.6 Å². The maximum atomic E-state index is 12.0. The van der Waals surface area contributed by atoms with Gasteiger partial charge in [-0.2, -0.15) is 0 Å². The average Bonchev–Trinajstić information content (AvgIpc) is 2.61. The van der Waals surface area contributed by atoms with Gasteiger partial charge in [0.1, 0.15) is 11.5 Å². The topological polar surface area (TPSA) is 73.9 Å². The molecule has 0 unspecified atom stereocenters. The SMILES string of the molecule is COc1cc(Cl)c(C)cc1NC(=O)COC(=O)COc1cccc(C)c1. The fraction of sp³-hybridized carbons (Fsp3) is 0.263. The molecule has 1 amide bonds. The summed E-state index contributed by atoms with van der Waals surface area (Å²) in [6.07, 6.45) is 0. The Balaban J connectivity index is 1.83. The lowest BCUT2D eigenvalue weighted by atomic mass is 10.2. The number of rotatable bonds is 7. The molecule has 0 spiro atoms. The highest BCUT2D eigenvalue weighted by atomic mass is 35.5. The van der Waals surface area contributed by atoms with Crippen LogP contribution in [0.25, 0.3) is 0 Å². The van der Waals surface area contributed by atoms with Gasteiger partial charge in [0.05, 0.1) is 12.8 Å². The number of benzene rings is 2. The lowest BCUT2D eigenvalue weighted by molar-refractivity contribution is -0.149. The molecule has 2 aromatic carbocycles. The highest BCUT2D eigenvalue weighted by molar-refractivity contribution is 6.31. The van der Waals surface area contributed by atoms with E-state index in [1.807, 2.05) is 19.1 Å². The number of amides is 1. The molecule has 0 heterocycles. The van der Waals surface area contributed by atoms with Crippen molar-refractivity contribution in [1.29, 1.82) is 0 Å². The minimum atomic E-state index is -0.638. The molecule has 0 aliphatic carbocycles. The molecule has 0 saturated carbocycles. The Labute approximate surface area is 157 Å². The van der Waals surface area contributed by atoms with Crippen LogP contribution in [-0.2, 0) is 14.3 Å². The van der Waals surface area contributed by atoms with Crippen molar-refractivity contribution in [3.63, 3.8) is 0 Å². The molecule has 0 aromatic heterocycles. The van der Waals surface area contributed by atoms with Crippen molar-refractivity contribution in [3.05, 3.63) is 52.5 Å². The van der Waals surface area contributed by atoms with E-state index in [1.165, 1.54) is 7.11 Å². The predicted molar refractivity (Wildman–Crippen MR) is 99.0 cm³/mol. The molecule has 0 radical (unpaired) electrons. The molecule has 0 atom stereocenters. The Bertz CT molecular complexity index is 807. The maximum Gasteiger partial charge on any atom is 0.344 e. The van der Waals surface area contributed by atoms with Crippen LogP contribution in [0, 0.1) is 13.8 Å². The van der Waals surface area contributed by atoms with Gasteiger partial charge in [-0.3, -0.25) is 4.79 Å². The molecule has 0 aliphatic rings. The van der Waals surface area contributed by atoms with Crippen molar-refractivity contribution in [2.24, 2.45) is 0 Å². The van der Waals surface area contributed by atoms with Gasteiger partial charge in [-0.25, -0.2) is 4.79 Å². The lowest BCUT2D eigenvalue weighted by Gasteiger charge is -2.12. The van der Waals surface area contributed by atoms with E-state index in [1.54, 1.807) is 31.2 Å². The van der Waals surface area contributed by atoms with Gasteiger partial charge < -0.3 is 19.5 Å². The predicted octanol–water partition coefficient (Wildman–Crippen LogP) is 3.53. The van der Waals surface area contributed by atoms with E-state index >= 15 is 0 Å². The standard InChI is InChI=1S/C19H20ClNO5/c1-12-5-4-6-14(7-12)25-11-19(23)26-10-18(22)21-16-8-13(2)15(20)9-17(16)24-3/h4-9H,10-11H2,1-3H3,(H,21,22). The second kappa shape index (κ2) is 9.10. The maximum absolute atomic E-state index is 12.0. The molecular formula is C19H20ClNO5. The number of anilines is 1. The van der Waals surface area contributed by atoms with Gasteiger partial charge in [0.2, 0.25) is 0 Å². The molecule has 0 saturated heterocycles. The summed E-state index contributed by atoms with van der Waals surface area (Å²) in [5.41, 5.74) is 2.25. The molecule has 2 rings (SSSR count). The molecule has 26 heavy (non-hydrogen) atoms. The first-order valence-electron chi connectivity index (χ1n) is 7.88. The van der Waals surface area contributed by atoms with E-state index in [4.69, 9.17) is 25.8 Å². The van der Waals surface area contributed by atoms with Gasteiger partial charge in [0.25, 0.3) is 5.91 Å². The summed E-state index contributed by atoms with van der Waals surface area (Å²) in [7, 11) is 1.47. The van der Waals surface area contributed by atoms with E-state index in [9.17, 15) is 9.59 Å². The van der Waals surface area contributed by atoms with E-state index in [0.717, 1.165) is 11.1 Å². The van der Waals surface area contributed by atoms with Crippen molar-refractivity contribution < 1.29 is 23.8 Å². The number of esters is 1. The average molecular weight is 378 g/mol. The molecule has 0 fully saturated rings. The van der Waals surface area contributed by atoms with Gasteiger partial charge in [-0.15, -0.1) is 0 Å². The first-order chi connectivity index (χ1) is 12.4. The smallest absolute Gasteiger partial charge is 0.344 e. The van der Waals surface area contributed by atoms with Crippen molar-refractivity contribution in [2.75, 3.05) is 25.6 Å². The summed E-state index contributed by atoms with van der Waals surface area (Å²) in [6, 6.07) is 10.6. The van der Waals surface area contributed by atoms with Crippen LogP contribution < -0.4 is 14.8 Å². The minimum absolute atomic E-state index is 0.278. The number of hydrogen-bond donors (Lipinski definition) is 1. The van der Waals surface area contributed by atoms with Crippen LogP contribution in [0.2, 0.25) is 5.02 Å². The molecule has 7 heteroatoms. The van der Waals surface area contributed by atoms with Crippen LogP contribution in [0.4, 0.5) is 5.69 Å². The van der Waals surface area contributed by atoms with Crippen LogP contribution in [0.15, 0.2) is 36.4 Å². The van der Waals surface area contributed by atoms with Gasteiger partial charge in [-0.1, -0.05) is 23.7 Å². The zero-order valence-corrected chi connectivity index (χ0v) is 15.6. The second-order valence-electron chi connectivity index (χ2n) is 5.62. The second-order valence-corrected chi connectivity index (χ2v) is 6.02. The Hall–Kier alpha value is -2.73. The highest BCUT2D eigenvalue weighted by Gasteiger charge is 2.13. The molecule has 0 bridgehead atoms. The van der Waals surface area contributed by atoms with E-state index < -0.39 is 18.5 Å². The van der Waals surface area contributed by atoms with Crippen LogP contribution in [0.5, 0.6) is 11.5 Å². The van der Waals surface area contributed by atoms with E-state index in [0.29, 0.717) is 22.2 Å². The van der Waals surface area contributed by atoms with Crippen LogP contribution in [0.3, 0.4) is 0 Å². The van der Waals surface area contributed by atoms with Crippen LogP contribution in [0.1, 0.15) is 11.1 Å². The zero-order chi connectivity index (χ0) is 19.1. The number of ether oxygens (including phenoxy) is 3. The van der Waals surface area contributed by atoms with Crippen molar-refractivity contribution in [3.8, 4) is 11.5 Å². The van der Waals surface area contributed by atoms with Gasteiger partial charge >= 0.3 is 5.97 Å². The monoisotopic (exact) mass is 377 g/mol. The Kier molecular flexibility index (Phi) is 6.86. The number of aryl methyl sites for hydroxylation is 2.